The first-order chi connectivity index (χ1) is 6.52. The zero-order chi connectivity index (χ0) is 11.1. The van der Waals surface area contributed by atoms with Gasteiger partial charge in [0, 0.05) is 13.0 Å². The number of carbonyl (C=O) groups is 2. The zero-order valence-electron chi connectivity index (χ0n) is 8.44. The molecule has 0 aliphatic rings. The molecule has 6 heteroatoms. The van der Waals surface area contributed by atoms with Gasteiger partial charge in [0.25, 0.3) is 0 Å². The van der Waals surface area contributed by atoms with Crippen LogP contribution in [0.2, 0.25) is 0 Å². The first-order valence-electron chi connectivity index (χ1n) is 4.09. The summed E-state index contributed by atoms with van der Waals surface area (Å²) in [6, 6.07) is -0.998. The summed E-state index contributed by atoms with van der Waals surface area (Å²) in [7, 11) is 2.64. The number of carboxylic acids is 1. The first kappa shape index (κ1) is 12.7. The molecule has 0 rings (SSSR count). The highest BCUT2D eigenvalue weighted by atomic mass is 16.5. The maximum atomic E-state index is 10.8. The van der Waals surface area contributed by atoms with E-state index < -0.39 is 18.1 Å². The Morgan fingerprint density at radius 3 is 2.36 bits per heavy atom. The third-order valence-electron chi connectivity index (χ3n) is 1.72. The third-order valence-corrected chi connectivity index (χ3v) is 1.72. The van der Waals surface area contributed by atoms with E-state index in [1.165, 1.54) is 14.2 Å². The van der Waals surface area contributed by atoms with E-state index in [0.717, 1.165) is 0 Å². The summed E-state index contributed by atoms with van der Waals surface area (Å²) in [6.07, 6.45) is -0.764. The van der Waals surface area contributed by atoms with Crippen LogP contribution >= 0.6 is 0 Å². The topological polar surface area (TPSA) is 84.9 Å². The lowest BCUT2D eigenvalue weighted by molar-refractivity contribution is -0.141. The molecule has 1 amide bonds. The number of hydrogen-bond acceptors (Lipinski definition) is 4. The fraction of sp³-hybridized carbons (Fsp3) is 0.750. The van der Waals surface area contributed by atoms with E-state index in [1.54, 1.807) is 6.92 Å². The van der Waals surface area contributed by atoms with Crippen LogP contribution in [0, 0.1) is 5.92 Å². The van der Waals surface area contributed by atoms with Gasteiger partial charge in [-0.25, -0.2) is 9.59 Å². The number of aliphatic carboxylic acids is 1. The maximum Gasteiger partial charge on any atom is 0.407 e. The highest BCUT2D eigenvalue weighted by Gasteiger charge is 2.26. The van der Waals surface area contributed by atoms with Crippen LogP contribution in [-0.2, 0) is 14.3 Å². The second kappa shape index (κ2) is 6.20. The van der Waals surface area contributed by atoms with Gasteiger partial charge in [-0.2, -0.15) is 0 Å². The van der Waals surface area contributed by atoms with Crippen LogP contribution in [0.3, 0.4) is 0 Å². The fourth-order valence-corrected chi connectivity index (χ4v) is 0.992. The molecule has 1 unspecified atom stereocenters. The Morgan fingerprint density at radius 2 is 2.00 bits per heavy atom. The van der Waals surface area contributed by atoms with Crippen molar-refractivity contribution in [2.75, 3.05) is 20.8 Å². The number of hydrogen-bond donors (Lipinski definition) is 2. The summed E-state index contributed by atoms with van der Waals surface area (Å²) in [5, 5.41) is 11.0. The number of carboxylic acid groups (broad SMARTS) is 1. The molecule has 0 saturated heterocycles. The van der Waals surface area contributed by atoms with Crippen LogP contribution < -0.4 is 5.32 Å². The molecule has 0 heterocycles. The van der Waals surface area contributed by atoms with Crippen molar-refractivity contribution >= 4 is 12.1 Å². The van der Waals surface area contributed by atoms with E-state index in [4.69, 9.17) is 9.84 Å². The molecule has 0 saturated carbocycles. The molecule has 14 heavy (non-hydrogen) atoms. The van der Waals surface area contributed by atoms with Crippen LogP contribution in [0.5, 0.6) is 0 Å². The van der Waals surface area contributed by atoms with Gasteiger partial charge in [-0.15, -0.1) is 0 Å². The summed E-state index contributed by atoms with van der Waals surface area (Å²) in [5.74, 6) is -1.43. The van der Waals surface area contributed by atoms with Crippen LogP contribution in [0.1, 0.15) is 6.92 Å². The predicted octanol–water partition coefficient (Wildman–Crippen LogP) is 0.0781. The molecule has 0 aromatic rings. The maximum absolute atomic E-state index is 10.8. The van der Waals surface area contributed by atoms with Crippen molar-refractivity contribution in [3.05, 3.63) is 0 Å². The lowest BCUT2D eigenvalue weighted by Gasteiger charge is -2.19. The second-order valence-electron chi connectivity index (χ2n) is 2.88. The van der Waals surface area contributed by atoms with Crippen molar-refractivity contribution in [2.24, 2.45) is 5.92 Å². The van der Waals surface area contributed by atoms with E-state index in [1.807, 2.05) is 0 Å². The van der Waals surface area contributed by atoms with E-state index in [2.05, 4.69) is 10.1 Å². The molecule has 0 aromatic heterocycles. The number of carbonyl (C=O) groups excluding carboxylic acids is 1. The van der Waals surface area contributed by atoms with Gasteiger partial charge in [-0.05, 0) is 0 Å². The summed E-state index contributed by atoms with van der Waals surface area (Å²) >= 11 is 0. The van der Waals surface area contributed by atoms with Gasteiger partial charge in [-0.1, -0.05) is 6.92 Å². The van der Waals surface area contributed by atoms with Crippen molar-refractivity contribution in [2.45, 2.75) is 13.0 Å². The van der Waals surface area contributed by atoms with Crippen molar-refractivity contribution < 1.29 is 24.2 Å². The third kappa shape index (κ3) is 4.08. The number of amides is 1. The zero-order valence-corrected chi connectivity index (χ0v) is 8.44. The molecule has 2 atom stereocenters. The Bertz CT molecular complexity index is 206. The molecule has 82 valence electrons. The van der Waals surface area contributed by atoms with Crippen LogP contribution in [0.15, 0.2) is 0 Å². The highest BCUT2D eigenvalue weighted by molar-refractivity contribution is 5.80. The lowest BCUT2D eigenvalue weighted by atomic mass is 10.0. The fourth-order valence-electron chi connectivity index (χ4n) is 0.992. The van der Waals surface area contributed by atoms with Gasteiger partial charge in [0.2, 0.25) is 0 Å². The molecule has 2 N–H and O–H groups in total. The highest BCUT2D eigenvalue weighted by Crippen LogP contribution is 2.04. The molecule has 6 nitrogen and oxygen atoms in total. The molecule has 0 fully saturated rings. The SMILES string of the molecule is COCC(C)[C@H](NC(=O)OC)C(=O)O. The molecular formula is C8H15NO5. The molecule has 0 aliphatic heterocycles. The Morgan fingerprint density at radius 1 is 1.43 bits per heavy atom. The minimum absolute atomic E-state index is 0.251. The molecular weight excluding hydrogens is 190 g/mol. The van der Waals surface area contributed by atoms with Crippen molar-refractivity contribution in [1.29, 1.82) is 0 Å². The monoisotopic (exact) mass is 205 g/mol. The van der Waals surface area contributed by atoms with Crippen molar-refractivity contribution in [3.63, 3.8) is 0 Å². The number of nitrogens with one attached hydrogen (secondary N) is 1. The van der Waals surface area contributed by atoms with Crippen LogP contribution in [0.25, 0.3) is 0 Å². The Hall–Kier alpha value is -1.30. The standard InChI is InChI=1S/C8H15NO5/c1-5(4-13-2)6(7(10)11)9-8(12)14-3/h5-6H,4H2,1-3H3,(H,9,12)(H,10,11)/t5?,6-/m0/s1. The van der Waals surface area contributed by atoms with Crippen LogP contribution in [-0.4, -0.2) is 44.0 Å². The van der Waals surface area contributed by atoms with Gasteiger partial charge in [-0.3, -0.25) is 0 Å². The average molecular weight is 205 g/mol. The number of methoxy groups -OCH3 is 2. The lowest BCUT2D eigenvalue weighted by Crippen LogP contribution is -2.46. The quantitative estimate of drug-likeness (QED) is 0.663. The largest absolute Gasteiger partial charge is 0.480 e. The summed E-state index contributed by atoms with van der Waals surface area (Å²) in [4.78, 5) is 21.5. The Balaban J connectivity index is 4.28. The average Bonchev–Trinajstić information content (AvgIpc) is 2.13. The first-order valence-corrected chi connectivity index (χ1v) is 4.09. The van der Waals surface area contributed by atoms with Crippen molar-refractivity contribution in [3.8, 4) is 0 Å². The van der Waals surface area contributed by atoms with Gasteiger partial charge >= 0.3 is 12.1 Å². The minimum Gasteiger partial charge on any atom is -0.480 e. The number of rotatable bonds is 5. The van der Waals surface area contributed by atoms with Gasteiger partial charge in [0.05, 0.1) is 13.7 Å². The summed E-state index contributed by atoms with van der Waals surface area (Å²) in [5.41, 5.74) is 0. The van der Waals surface area contributed by atoms with Gasteiger partial charge in [0.1, 0.15) is 6.04 Å². The molecule has 0 aromatic carbocycles. The number of alkyl carbamates (subject to hydrolysis) is 1. The van der Waals surface area contributed by atoms with Crippen LogP contribution in [0.4, 0.5) is 4.79 Å². The Kier molecular flexibility index (Phi) is 5.62. The summed E-state index contributed by atoms with van der Waals surface area (Å²) in [6.45, 7) is 1.92. The molecule has 0 radical (unpaired) electrons. The molecule has 0 aliphatic carbocycles. The van der Waals surface area contributed by atoms with Gasteiger partial charge < -0.3 is 19.9 Å². The summed E-state index contributed by atoms with van der Waals surface area (Å²) < 4.78 is 9.10. The molecule has 0 bridgehead atoms. The normalized spacial score (nSPS) is 14.2. The second-order valence-corrected chi connectivity index (χ2v) is 2.88. The van der Waals surface area contributed by atoms with E-state index in [-0.39, 0.29) is 12.5 Å². The van der Waals surface area contributed by atoms with Crippen molar-refractivity contribution in [1.82, 2.24) is 5.32 Å². The van der Waals surface area contributed by atoms with E-state index in [9.17, 15) is 9.59 Å². The smallest absolute Gasteiger partial charge is 0.407 e. The van der Waals surface area contributed by atoms with E-state index >= 15 is 0 Å². The number of ether oxygens (including phenoxy) is 2. The van der Waals surface area contributed by atoms with Gasteiger partial charge in [0.15, 0.2) is 0 Å². The predicted molar refractivity (Wildman–Crippen MR) is 48.0 cm³/mol. The minimum atomic E-state index is -1.11. The molecule has 0 spiro atoms. The Labute approximate surface area is 82.2 Å². The van der Waals surface area contributed by atoms with E-state index in [0.29, 0.717) is 0 Å².